The van der Waals surface area contributed by atoms with Crippen LogP contribution in [-0.4, -0.2) is 62.9 Å². The molecule has 2 aromatic carbocycles. The van der Waals surface area contributed by atoms with Crippen molar-refractivity contribution in [3.8, 4) is 17.2 Å². The molecule has 2 aromatic rings. The van der Waals surface area contributed by atoms with Gasteiger partial charge in [0.1, 0.15) is 17.2 Å². The van der Waals surface area contributed by atoms with Crippen molar-refractivity contribution >= 4 is 11.9 Å². The van der Waals surface area contributed by atoms with E-state index in [-0.39, 0.29) is 17.3 Å². The third-order valence-electron chi connectivity index (χ3n) is 5.31. The predicted molar refractivity (Wildman–Crippen MR) is 122 cm³/mol. The Hall–Kier alpha value is -2.87. The molecule has 1 N–H and O–H groups in total. The van der Waals surface area contributed by atoms with Crippen LogP contribution in [0.3, 0.4) is 0 Å². The number of hydrogen-bond donors (Lipinski definition) is 1. The molecule has 172 valence electrons. The first kappa shape index (κ1) is 23.8. The van der Waals surface area contributed by atoms with Crippen LogP contribution in [0.25, 0.3) is 6.08 Å². The minimum atomic E-state index is -0.187. The summed E-state index contributed by atoms with van der Waals surface area (Å²) in [5.74, 6) is 1.35. The van der Waals surface area contributed by atoms with Gasteiger partial charge in [0.25, 0.3) is 0 Å². The number of rotatable bonds is 11. The van der Waals surface area contributed by atoms with Crippen molar-refractivity contribution in [3.63, 3.8) is 0 Å². The average Bonchev–Trinajstić information content (AvgIpc) is 3.10. The predicted octanol–water partition coefficient (Wildman–Crippen LogP) is 3.81. The van der Waals surface area contributed by atoms with Gasteiger partial charge in [-0.25, -0.2) is 0 Å². The van der Waals surface area contributed by atoms with Crippen molar-refractivity contribution in [2.45, 2.75) is 20.4 Å². The summed E-state index contributed by atoms with van der Waals surface area (Å²) in [6, 6.07) is 9.09. The van der Waals surface area contributed by atoms with Crippen LogP contribution in [0.2, 0.25) is 0 Å². The third-order valence-corrected chi connectivity index (χ3v) is 5.31. The lowest BCUT2D eigenvalue weighted by atomic mass is 9.99. The lowest BCUT2D eigenvalue weighted by Crippen LogP contribution is -2.30. The lowest BCUT2D eigenvalue weighted by molar-refractivity contribution is 0.101. The topological polar surface area (TPSA) is 77.5 Å². The van der Waals surface area contributed by atoms with Gasteiger partial charge in [-0.2, -0.15) is 0 Å². The number of hydrogen-bond acceptors (Lipinski definition) is 7. The molecular formula is C25H31NO6. The van der Waals surface area contributed by atoms with Gasteiger partial charge in [-0.3, -0.25) is 9.69 Å². The number of methoxy groups -OCH3 is 2. The number of Topliss-reactive ketones (excluding diaryl/α,β-unsaturated/α-hetero) is 1. The Kier molecular flexibility index (Phi) is 8.27. The van der Waals surface area contributed by atoms with Gasteiger partial charge >= 0.3 is 0 Å². The molecule has 0 saturated heterocycles. The van der Waals surface area contributed by atoms with Gasteiger partial charge in [0.15, 0.2) is 5.76 Å². The number of aromatic hydroxyl groups is 1. The lowest BCUT2D eigenvalue weighted by Gasteiger charge is -2.23. The Bertz CT molecular complexity index is 959. The molecule has 0 saturated carbocycles. The van der Waals surface area contributed by atoms with E-state index in [9.17, 15) is 9.90 Å². The summed E-state index contributed by atoms with van der Waals surface area (Å²) < 4.78 is 21.9. The van der Waals surface area contributed by atoms with Crippen LogP contribution in [0.5, 0.6) is 17.2 Å². The average molecular weight is 442 g/mol. The summed E-state index contributed by atoms with van der Waals surface area (Å²) in [6.45, 7) is 7.13. The zero-order valence-corrected chi connectivity index (χ0v) is 19.1. The van der Waals surface area contributed by atoms with E-state index in [0.29, 0.717) is 61.9 Å². The Morgan fingerprint density at radius 1 is 1.09 bits per heavy atom. The highest BCUT2D eigenvalue weighted by molar-refractivity contribution is 6.15. The molecule has 0 bridgehead atoms. The molecule has 0 spiro atoms. The number of benzene rings is 2. The monoisotopic (exact) mass is 441 g/mol. The van der Waals surface area contributed by atoms with E-state index in [2.05, 4.69) is 4.90 Å². The molecule has 0 aliphatic carbocycles. The maximum Gasteiger partial charge on any atom is 0.232 e. The standard InChI is InChI=1S/C25H31NO6/c1-5-31-19-8-6-18(7-9-19)15-22-24(28)23-17(2)14-21(27)20(25(23)32-22)16-26(10-12-29-3)11-13-30-4/h6-9,14-15,27H,5,10-13,16H2,1-4H3/b22-15+. The number of phenolic OH excluding ortho intramolecular Hbond substituents is 1. The molecule has 7 heteroatoms. The quantitative estimate of drug-likeness (QED) is 0.531. The summed E-state index contributed by atoms with van der Waals surface area (Å²) in [5, 5.41) is 10.7. The van der Waals surface area contributed by atoms with E-state index in [1.807, 2.05) is 31.2 Å². The second kappa shape index (κ2) is 11.1. The number of phenols is 1. The largest absolute Gasteiger partial charge is 0.507 e. The molecule has 32 heavy (non-hydrogen) atoms. The van der Waals surface area contributed by atoms with Gasteiger partial charge < -0.3 is 24.1 Å². The van der Waals surface area contributed by atoms with Crippen LogP contribution in [-0.2, 0) is 16.0 Å². The van der Waals surface area contributed by atoms with Crippen molar-refractivity contribution in [3.05, 3.63) is 58.3 Å². The number of carbonyl (C=O) groups is 1. The summed E-state index contributed by atoms with van der Waals surface area (Å²) in [7, 11) is 3.30. The number of nitrogens with zero attached hydrogens (tertiary/aromatic N) is 1. The fourth-order valence-electron chi connectivity index (χ4n) is 3.65. The number of allylic oxidation sites excluding steroid dienone is 1. The summed E-state index contributed by atoms with van der Waals surface area (Å²) in [4.78, 5) is 15.2. The molecule has 1 aliphatic heterocycles. The number of fused-ring (bicyclic) bond motifs is 1. The van der Waals surface area contributed by atoms with Crippen molar-refractivity contribution in [2.24, 2.45) is 0 Å². The molecule has 1 aliphatic rings. The van der Waals surface area contributed by atoms with Gasteiger partial charge in [0, 0.05) is 33.9 Å². The number of ketones is 1. The first-order valence-corrected chi connectivity index (χ1v) is 10.7. The van der Waals surface area contributed by atoms with Crippen LogP contribution in [0.15, 0.2) is 36.1 Å². The molecule has 0 aromatic heterocycles. The number of ether oxygens (including phenoxy) is 4. The van der Waals surface area contributed by atoms with Crippen molar-refractivity contribution in [1.82, 2.24) is 4.90 Å². The van der Waals surface area contributed by atoms with Crippen LogP contribution < -0.4 is 9.47 Å². The summed E-state index contributed by atoms with van der Waals surface area (Å²) in [6.07, 6.45) is 1.71. The van der Waals surface area contributed by atoms with Gasteiger partial charge in [-0.05, 0) is 49.2 Å². The summed E-state index contributed by atoms with van der Waals surface area (Å²) in [5.41, 5.74) is 2.59. The molecule has 3 rings (SSSR count). The zero-order valence-electron chi connectivity index (χ0n) is 19.1. The minimum Gasteiger partial charge on any atom is -0.507 e. The Labute approximate surface area is 189 Å². The maximum atomic E-state index is 13.1. The van der Waals surface area contributed by atoms with E-state index < -0.39 is 0 Å². The SMILES string of the molecule is CCOc1ccc(/C=C2/Oc3c(CN(CCOC)CCOC)c(O)cc(C)c3C2=O)cc1. The zero-order chi connectivity index (χ0) is 23.1. The van der Waals surface area contributed by atoms with E-state index in [0.717, 1.165) is 11.3 Å². The van der Waals surface area contributed by atoms with Crippen LogP contribution >= 0.6 is 0 Å². The summed E-state index contributed by atoms with van der Waals surface area (Å²) >= 11 is 0. The van der Waals surface area contributed by atoms with Crippen LogP contribution in [0.4, 0.5) is 0 Å². The molecule has 7 nitrogen and oxygen atoms in total. The van der Waals surface area contributed by atoms with Gasteiger partial charge in [-0.1, -0.05) is 12.1 Å². The highest BCUT2D eigenvalue weighted by Crippen LogP contribution is 2.42. The number of aryl methyl sites for hydroxylation is 1. The normalized spacial score (nSPS) is 14.2. The number of carbonyl (C=O) groups excluding carboxylic acids is 1. The second-order valence-corrected chi connectivity index (χ2v) is 7.60. The molecular weight excluding hydrogens is 410 g/mol. The van der Waals surface area contributed by atoms with Crippen LogP contribution in [0, 0.1) is 6.92 Å². The Balaban J connectivity index is 1.90. The fourth-order valence-corrected chi connectivity index (χ4v) is 3.65. The molecule has 0 atom stereocenters. The van der Waals surface area contributed by atoms with Crippen molar-refractivity contribution in [2.75, 3.05) is 47.1 Å². The highest BCUT2D eigenvalue weighted by Gasteiger charge is 2.33. The Morgan fingerprint density at radius 3 is 2.34 bits per heavy atom. The first-order valence-electron chi connectivity index (χ1n) is 10.7. The highest BCUT2D eigenvalue weighted by atomic mass is 16.5. The second-order valence-electron chi connectivity index (χ2n) is 7.60. The molecule has 0 fully saturated rings. The maximum absolute atomic E-state index is 13.1. The van der Waals surface area contributed by atoms with Gasteiger partial charge in [-0.15, -0.1) is 0 Å². The molecule has 0 unspecified atom stereocenters. The van der Waals surface area contributed by atoms with Crippen molar-refractivity contribution in [1.29, 1.82) is 0 Å². The van der Waals surface area contributed by atoms with Crippen molar-refractivity contribution < 1.29 is 28.8 Å². The van der Waals surface area contributed by atoms with Gasteiger partial charge in [0.2, 0.25) is 5.78 Å². The molecule has 0 amide bonds. The van der Waals surface area contributed by atoms with E-state index in [1.165, 1.54) is 0 Å². The first-order chi connectivity index (χ1) is 15.5. The van der Waals surface area contributed by atoms with E-state index in [1.54, 1.807) is 33.3 Å². The van der Waals surface area contributed by atoms with E-state index in [4.69, 9.17) is 18.9 Å². The minimum absolute atomic E-state index is 0.108. The fraction of sp³-hybridized carbons (Fsp3) is 0.400. The third kappa shape index (κ3) is 5.48. The smallest absolute Gasteiger partial charge is 0.232 e. The van der Waals surface area contributed by atoms with Gasteiger partial charge in [0.05, 0.1) is 30.9 Å². The molecule has 0 radical (unpaired) electrons. The van der Waals surface area contributed by atoms with E-state index >= 15 is 0 Å². The Morgan fingerprint density at radius 2 is 1.75 bits per heavy atom. The van der Waals surface area contributed by atoms with Crippen LogP contribution in [0.1, 0.15) is 34.0 Å². The molecule has 1 heterocycles.